The van der Waals surface area contributed by atoms with Crippen molar-refractivity contribution in [2.75, 3.05) is 0 Å². The molecule has 0 unspecified atom stereocenters. The molecule has 1 radical (unpaired) electrons. The Morgan fingerprint density at radius 2 is 1.17 bits per heavy atom. The van der Waals surface area contributed by atoms with Crippen LogP contribution in [0.3, 0.4) is 0 Å². The van der Waals surface area contributed by atoms with Crippen LogP contribution in [0.1, 0.15) is 4.28 Å². The maximum Gasteiger partial charge on any atom is 2.00 e. The topological polar surface area (TPSA) is 0 Å². The second kappa shape index (κ2) is 35.4. The van der Waals surface area contributed by atoms with E-state index >= 15 is 0 Å². The fourth-order valence-corrected chi connectivity index (χ4v) is 0. The van der Waals surface area contributed by atoms with Crippen molar-refractivity contribution < 1.29 is 109 Å². The van der Waals surface area contributed by atoms with E-state index in [9.17, 15) is 0 Å². The zero-order valence-corrected chi connectivity index (χ0v) is 14.2. The molecule has 0 saturated heterocycles. The minimum atomic E-state index is 0. The summed E-state index contributed by atoms with van der Waals surface area (Å²) in [5, 5.41) is 0. The molecule has 0 aromatic carbocycles. The average Bonchev–Trinajstić information content (AvgIpc) is 0. The molecular weight excluding hydrogens is 319 g/mol. The van der Waals surface area contributed by atoms with Crippen molar-refractivity contribution in [3.8, 4) is 0 Å². The van der Waals surface area contributed by atoms with Gasteiger partial charge < -0.3 is 4.28 Å². The van der Waals surface area contributed by atoms with Crippen LogP contribution in [0.2, 0.25) is 0 Å². The van der Waals surface area contributed by atoms with Gasteiger partial charge in [-0.05, 0) is 0 Å². The standard InChI is InChI=1S/Fe.Mg.Mn.Mo.Na.Zn.3H/q;+2;;;+1;;3*-1. The number of hydrogen-bond acceptors (Lipinski definition) is 0. The molecule has 0 aliphatic rings. The Bertz CT molecular complexity index is 23.8. The van der Waals surface area contributed by atoms with Gasteiger partial charge in [-0.15, -0.1) is 0 Å². The Balaban J connectivity index is 0. The summed E-state index contributed by atoms with van der Waals surface area (Å²) in [4.78, 5) is 0. The first-order chi connectivity index (χ1) is 0. The molecule has 0 rings (SSSR count). The zero-order chi connectivity index (χ0) is 0. The Hall–Kier alpha value is 4.12. The second-order valence-electron chi connectivity index (χ2n) is 0. The molecule has 0 heterocycles. The van der Waals surface area contributed by atoms with Crippen molar-refractivity contribution in [2.24, 2.45) is 0 Å². The smallest absolute Gasteiger partial charge is 1.00 e. The van der Waals surface area contributed by atoms with Gasteiger partial charge in [-0.25, -0.2) is 0 Å². The molecular formula is H3FeMgMnMoNaZn. The first-order valence-corrected chi connectivity index (χ1v) is 0. The van der Waals surface area contributed by atoms with E-state index in [4.69, 9.17) is 0 Å². The Morgan fingerprint density at radius 3 is 1.17 bits per heavy atom. The van der Waals surface area contributed by atoms with Gasteiger partial charge in [0, 0.05) is 74.7 Å². The van der Waals surface area contributed by atoms with Crippen LogP contribution in [0.25, 0.3) is 0 Å². The summed E-state index contributed by atoms with van der Waals surface area (Å²) in [5.41, 5.74) is 0. The van der Waals surface area contributed by atoms with E-state index < -0.39 is 0 Å². The van der Waals surface area contributed by atoms with Gasteiger partial charge in [-0.1, -0.05) is 0 Å². The van der Waals surface area contributed by atoms with E-state index in [-0.39, 0.29) is 132 Å². The molecule has 0 N–H and O–H groups in total. The molecule has 6 heavy (non-hydrogen) atoms. The summed E-state index contributed by atoms with van der Waals surface area (Å²) in [6, 6.07) is 0. The molecule has 0 aromatic rings. The molecule has 0 aliphatic carbocycles. The van der Waals surface area contributed by atoms with E-state index in [0.717, 1.165) is 0 Å². The van der Waals surface area contributed by atoms with E-state index in [2.05, 4.69) is 0 Å². The summed E-state index contributed by atoms with van der Waals surface area (Å²) in [5.74, 6) is 0. The molecule has 0 aromatic heterocycles. The predicted octanol–water partition coefficient (Wildman–Crippen LogP) is -3.05. The predicted molar refractivity (Wildman–Crippen MR) is 9.09 cm³/mol. The summed E-state index contributed by atoms with van der Waals surface area (Å²) in [7, 11) is 0. The van der Waals surface area contributed by atoms with Crippen molar-refractivity contribution in [3.05, 3.63) is 0 Å². The van der Waals surface area contributed by atoms with E-state index in [1.165, 1.54) is 0 Å². The monoisotopic (exact) mass is 323 g/mol. The summed E-state index contributed by atoms with van der Waals surface area (Å²) in [6.07, 6.45) is 0. The fourth-order valence-electron chi connectivity index (χ4n) is 0. The molecule has 0 fully saturated rings. The molecule has 0 bridgehead atoms. The van der Waals surface area contributed by atoms with Gasteiger partial charge in [0.2, 0.25) is 0 Å². The van der Waals surface area contributed by atoms with Crippen LogP contribution in [-0.2, 0) is 74.7 Å². The van der Waals surface area contributed by atoms with Crippen LogP contribution in [0.5, 0.6) is 0 Å². The second-order valence-corrected chi connectivity index (χ2v) is 0. The molecule has 0 aliphatic heterocycles. The Labute approximate surface area is 129 Å². The van der Waals surface area contributed by atoms with Gasteiger partial charge in [-0.2, -0.15) is 0 Å². The van der Waals surface area contributed by atoms with Crippen LogP contribution in [0, 0.1) is 0 Å². The Kier molecular flexibility index (Phi) is 293. The first kappa shape index (κ1) is 49.6. The summed E-state index contributed by atoms with van der Waals surface area (Å²) in [6.45, 7) is 0. The third-order valence-corrected chi connectivity index (χ3v) is 0. The van der Waals surface area contributed by atoms with Gasteiger partial charge in [0.1, 0.15) is 0 Å². The average molecular weight is 322 g/mol. The van der Waals surface area contributed by atoms with Crippen LogP contribution < -0.4 is 29.6 Å². The molecule has 0 saturated carbocycles. The van der Waals surface area contributed by atoms with Crippen molar-refractivity contribution in [3.63, 3.8) is 0 Å². The van der Waals surface area contributed by atoms with Crippen LogP contribution in [0.4, 0.5) is 0 Å². The van der Waals surface area contributed by atoms with Crippen molar-refractivity contribution in [2.45, 2.75) is 0 Å². The minimum absolute atomic E-state index is 0. The molecule has 0 nitrogen and oxygen atoms in total. The normalized spacial score (nSPS) is 0. The molecule has 0 atom stereocenters. The third kappa shape index (κ3) is 24.3. The minimum Gasteiger partial charge on any atom is -1.00 e. The maximum absolute atomic E-state index is 0. The van der Waals surface area contributed by atoms with Gasteiger partial charge in [0.05, 0.1) is 0 Å². The third-order valence-electron chi connectivity index (χ3n) is 0. The van der Waals surface area contributed by atoms with Gasteiger partial charge in [-0.3, -0.25) is 0 Å². The SMILES string of the molecule is [Fe].[H-].[H-].[H-].[Mg+2].[Mn].[Mo].[Na+].[Zn]. The molecule has 6 heteroatoms. The van der Waals surface area contributed by atoms with Crippen molar-refractivity contribution in [1.82, 2.24) is 0 Å². The first-order valence-electron chi connectivity index (χ1n) is 0. The number of hydrogen-bond donors (Lipinski definition) is 0. The zero-order valence-electron chi connectivity index (χ0n) is 6.55. The van der Waals surface area contributed by atoms with Crippen LogP contribution >= 0.6 is 0 Å². The van der Waals surface area contributed by atoms with E-state index in [0.29, 0.717) is 0 Å². The number of rotatable bonds is 0. The van der Waals surface area contributed by atoms with Gasteiger partial charge in [0.15, 0.2) is 0 Å². The van der Waals surface area contributed by atoms with E-state index in [1.54, 1.807) is 0 Å². The van der Waals surface area contributed by atoms with Gasteiger partial charge in [0.25, 0.3) is 0 Å². The largest absolute Gasteiger partial charge is 2.00 e. The molecule has 0 amide bonds. The van der Waals surface area contributed by atoms with E-state index in [1.807, 2.05) is 0 Å². The van der Waals surface area contributed by atoms with Crippen LogP contribution in [-0.4, -0.2) is 23.1 Å². The summed E-state index contributed by atoms with van der Waals surface area (Å²) < 4.78 is 0. The fraction of sp³-hybridized carbons (Fsp3) is 0. The maximum atomic E-state index is 0. The molecule has 0 spiro atoms. The van der Waals surface area contributed by atoms with Gasteiger partial charge >= 0.3 is 52.6 Å². The van der Waals surface area contributed by atoms with Crippen molar-refractivity contribution in [1.29, 1.82) is 0 Å². The quantitative estimate of drug-likeness (QED) is 0.416. The molecule has 29 valence electrons. The van der Waals surface area contributed by atoms with Crippen molar-refractivity contribution >= 4 is 23.1 Å². The van der Waals surface area contributed by atoms with Crippen LogP contribution in [0.15, 0.2) is 0 Å². The Morgan fingerprint density at radius 1 is 1.17 bits per heavy atom. The summed E-state index contributed by atoms with van der Waals surface area (Å²) >= 11 is 0.